The molecular weight excluding hydrogens is 280 g/mol. The Morgan fingerprint density at radius 3 is 2.77 bits per heavy atom. The third kappa shape index (κ3) is 4.66. The van der Waals surface area contributed by atoms with Gasteiger partial charge in [-0.25, -0.2) is 4.68 Å². The maximum absolute atomic E-state index is 12.2. The molecule has 1 atom stereocenters. The molecule has 0 bridgehead atoms. The summed E-state index contributed by atoms with van der Waals surface area (Å²) in [7, 11) is 0. The molecule has 0 unspecified atom stereocenters. The quantitative estimate of drug-likeness (QED) is 0.819. The number of nitrogens with one attached hydrogen (secondary N) is 1. The van der Waals surface area contributed by atoms with E-state index in [1.54, 1.807) is 0 Å². The molecule has 0 aliphatic carbocycles. The van der Waals surface area contributed by atoms with Crippen molar-refractivity contribution < 1.29 is 4.79 Å². The molecule has 122 valence electrons. The topological polar surface area (TPSA) is 67.2 Å². The summed E-state index contributed by atoms with van der Waals surface area (Å²) >= 11 is 0. The lowest BCUT2D eigenvalue weighted by molar-refractivity contribution is 0.0937. The zero-order chi connectivity index (χ0) is 15.9. The third-order valence-electron chi connectivity index (χ3n) is 3.91. The molecule has 1 aromatic rings. The summed E-state index contributed by atoms with van der Waals surface area (Å²) in [6.07, 6.45) is 3.37. The van der Waals surface area contributed by atoms with Crippen LogP contribution in [0, 0.1) is 5.92 Å². The zero-order valence-corrected chi connectivity index (χ0v) is 13.5. The first-order valence-electron chi connectivity index (χ1n) is 8.19. The normalized spacial score (nSPS) is 16.6. The van der Waals surface area contributed by atoms with Gasteiger partial charge in [-0.15, -0.1) is 0 Å². The van der Waals surface area contributed by atoms with Crippen LogP contribution in [0.4, 0.5) is 0 Å². The van der Waals surface area contributed by atoms with Crippen LogP contribution in [-0.2, 0) is 6.54 Å². The molecule has 0 aromatic carbocycles. The highest BCUT2D eigenvalue weighted by Gasteiger charge is 2.16. The first-order valence-corrected chi connectivity index (χ1v) is 8.19. The van der Waals surface area contributed by atoms with Crippen LogP contribution in [0.15, 0.2) is 16.9 Å². The number of aromatic nitrogens is 2. The minimum atomic E-state index is -0.210. The number of nitrogens with zero attached hydrogens (tertiary/aromatic N) is 3. The van der Waals surface area contributed by atoms with Gasteiger partial charge in [0.05, 0.1) is 0 Å². The smallest absolute Gasteiger partial charge is 0.271 e. The lowest BCUT2D eigenvalue weighted by Crippen LogP contribution is -2.35. The van der Waals surface area contributed by atoms with Gasteiger partial charge in [-0.3, -0.25) is 9.59 Å². The maximum atomic E-state index is 12.2. The first kappa shape index (κ1) is 16.7. The lowest BCUT2D eigenvalue weighted by Gasteiger charge is -2.20. The number of likely N-dealkylation sites (tertiary alicyclic amines) is 1. The maximum Gasteiger partial charge on any atom is 0.271 e. The van der Waals surface area contributed by atoms with Crippen molar-refractivity contribution >= 4 is 5.91 Å². The van der Waals surface area contributed by atoms with Crippen molar-refractivity contribution in [2.24, 2.45) is 5.92 Å². The van der Waals surface area contributed by atoms with Gasteiger partial charge in [0.2, 0.25) is 0 Å². The lowest BCUT2D eigenvalue weighted by atomic mass is 10.1. The fraction of sp³-hybridized carbons (Fsp3) is 0.688. The van der Waals surface area contributed by atoms with Crippen LogP contribution in [0.1, 0.15) is 43.6 Å². The van der Waals surface area contributed by atoms with E-state index < -0.39 is 0 Å². The summed E-state index contributed by atoms with van der Waals surface area (Å²) in [5.41, 5.74) is 0.141. The van der Waals surface area contributed by atoms with Crippen molar-refractivity contribution in [1.29, 1.82) is 0 Å². The van der Waals surface area contributed by atoms with E-state index in [1.807, 2.05) is 6.92 Å². The monoisotopic (exact) mass is 306 g/mol. The van der Waals surface area contributed by atoms with Gasteiger partial charge >= 0.3 is 0 Å². The molecule has 0 radical (unpaired) electrons. The molecular formula is C16H26N4O2. The van der Waals surface area contributed by atoms with Gasteiger partial charge in [-0.1, -0.05) is 13.8 Å². The van der Waals surface area contributed by atoms with Gasteiger partial charge < -0.3 is 10.2 Å². The van der Waals surface area contributed by atoms with E-state index >= 15 is 0 Å². The summed E-state index contributed by atoms with van der Waals surface area (Å²) in [5.74, 6) is 0.196. The van der Waals surface area contributed by atoms with E-state index in [9.17, 15) is 9.59 Å². The van der Waals surface area contributed by atoms with Gasteiger partial charge in [0, 0.05) is 25.7 Å². The Morgan fingerprint density at radius 2 is 2.09 bits per heavy atom. The van der Waals surface area contributed by atoms with Crippen LogP contribution in [-0.4, -0.2) is 46.8 Å². The van der Waals surface area contributed by atoms with Crippen LogP contribution in [0.2, 0.25) is 0 Å². The number of aryl methyl sites for hydroxylation is 1. The molecule has 22 heavy (non-hydrogen) atoms. The molecule has 1 saturated heterocycles. The van der Waals surface area contributed by atoms with Crippen molar-refractivity contribution in [1.82, 2.24) is 20.0 Å². The van der Waals surface area contributed by atoms with E-state index in [2.05, 4.69) is 22.2 Å². The standard InChI is InChI=1S/C16H26N4O2/c1-3-8-20-15(21)7-6-14(18-20)16(22)17-11-13(2)12-19-9-4-5-10-19/h6-7,13H,3-5,8-12H2,1-2H3,(H,17,22)/t13-/m1/s1. The molecule has 1 fully saturated rings. The van der Waals surface area contributed by atoms with Crippen LogP contribution >= 0.6 is 0 Å². The fourth-order valence-corrected chi connectivity index (χ4v) is 2.77. The van der Waals surface area contributed by atoms with E-state index in [1.165, 1.54) is 42.7 Å². The summed E-state index contributed by atoms with van der Waals surface area (Å²) in [6, 6.07) is 2.90. The third-order valence-corrected chi connectivity index (χ3v) is 3.91. The number of hydrogen-bond donors (Lipinski definition) is 1. The van der Waals surface area contributed by atoms with Gasteiger partial charge in [0.15, 0.2) is 0 Å². The molecule has 1 aromatic heterocycles. The number of hydrogen-bond acceptors (Lipinski definition) is 4. The molecule has 1 N–H and O–H groups in total. The van der Waals surface area contributed by atoms with E-state index in [4.69, 9.17) is 0 Å². The summed E-state index contributed by atoms with van der Waals surface area (Å²) in [6.45, 7) is 8.63. The van der Waals surface area contributed by atoms with Crippen molar-refractivity contribution in [3.8, 4) is 0 Å². The van der Waals surface area contributed by atoms with Crippen LogP contribution in [0.25, 0.3) is 0 Å². The Morgan fingerprint density at radius 1 is 1.36 bits per heavy atom. The minimum Gasteiger partial charge on any atom is -0.350 e. The summed E-state index contributed by atoms with van der Waals surface area (Å²) < 4.78 is 1.35. The molecule has 2 heterocycles. The second-order valence-corrected chi connectivity index (χ2v) is 6.10. The highest BCUT2D eigenvalue weighted by atomic mass is 16.2. The number of carbonyl (C=O) groups is 1. The van der Waals surface area contributed by atoms with Crippen molar-refractivity contribution in [3.63, 3.8) is 0 Å². The fourth-order valence-electron chi connectivity index (χ4n) is 2.77. The van der Waals surface area contributed by atoms with Crippen LogP contribution in [0.5, 0.6) is 0 Å². The molecule has 2 rings (SSSR count). The average molecular weight is 306 g/mol. The molecule has 0 spiro atoms. The van der Waals surface area contributed by atoms with Gasteiger partial charge in [0.25, 0.3) is 11.5 Å². The number of carbonyl (C=O) groups excluding carboxylic acids is 1. The predicted molar refractivity (Wildman–Crippen MR) is 86.0 cm³/mol. The zero-order valence-electron chi connectivity index (χ0n) is 13.5. The summed E-state index contributed by atoms with van der Waals surface area (Å²) in [4.78, 5) is 26.2. The van der Waals surface area contributed by atoms with Gasteiger partial charge in [-0.2, -0.15) is 5.10 Å². The van der Waals surface area contributed by atoms with Crippen molar-refractivity contribution in [2.45, 2.75) is 39.7 Å². The van der Waals surface area contributed by atoms with E-state index in [-0.39, 0.29) is 11.5 Å². The largest absolute Gasteiger partial charge is 0.350 e. The Balaban J connectivity index is 1.86. The van der Waals surface area contributed by atoms with Gasteiger partial charge in [0.1, 0.15) is 5.69 Å². The molecule has 6 heteroatoms. The Labute approximate surface area is 131 Å². The number of amides is 1. The minimum absolute atomic E-state index is 0.166. The highest BCUT2D eigenvalue weighted by molar-refractivity contribution is 5.91. The highest BCUT2D eigenvalue weighted by Crippen LogP contribution is 2.09. The average Bonchev–Trinajstić information content (AvgIpc) is 3.00. The van der Waals surface area contributed by atoms with Crippen molar-refractivity contribution in [2.75, 3.05) is 26.2 Å². The Bertz CT molecular complexity index is 549. The SMILES string of the molecule is CCCn1nc(C(=O)NC[C@@H](C)CN2CCCC2)ccc1=O. The van der Waals surface area contributed by atoms with Crippen molar-refractivity contribution in [3.05, 3.63) is 28.2 Å². The summed E-state index contributed by atoms with van der Waals surface area (Å²) in [5, 5.41) is 7.04. The van der Waals surface area contributed by atoms with Crippen LogP contribution in [0.3, 0.4) is 0 Å². The molecule has 1 aliphatic heterocycles. The number of rotatable bonds is 7. The van der Waals surface area contributed by atoms with Crippen LogP contribution < -0.4 is 10.9 Å². The Hall–Kier alpha value is -1.69. The predicted octanol–water partition coefficient (Wildman–Crippen LogP) is 1.11. The van der Waals surface area contributed by atoms with E-state index in [0.717, 1.165) is 13.0 Å². The van der Waals surface area contributed by atoms with E-state index in [0.29, 0.717) is 24.7 Å². The Kier molecular flexibility index (Phi) is 6.12. The second kappa shape index (κ2) is 8.08. The molecule has 6 nitrogen and oxygen atoms in total. The first-order chi connectivity index (χ1) is 10.6. The molecule has 1 amide bonds. The van der Waals surface area contributed by atoms with Gasteiger partial charge in [-0.05, 0) is 44.3 Å². The molecule has 0 saturated carbocycles. The second-order valence-electron chi connectivity index (χ2n) is 6.10. The molecule has 1 aliphatic rings.